The van der Waals surface area contributed by atoms with Gasteiger partial charge in [0.25, 0.3) is 0 Å². The number of thiophene rings is 1. The van der Waals surface area contributed by atoms with E-state index >= 15 is 0 Å². The lowest BCUT2D eigenvalue weighted by Crippen LogP contribution is -2.46. The molecule has 42 heavy (non-hydrogen) atoms. The van der Waals surface area contributed by atoms with Gasteiger partial charge in [0.05, 0.1) is 14.2 Å². The maximum atomic E-state index is 14.1. The fourth-order valence-corrected chi connectivity index (χ4v) is 6.92. The molecular formula is C36H35NO4S. The lowest BCUT2D eigenvalue weighted by Gasteiger charge is -2.32. The molecule has 1 saturated heterocycles. The number of fused-ring (bicyclic) bond motifs is 1. The molecule has 0 amide bonds. The number of piperidine rings is 1. The first-order chi connectivity index (χ1) is 20.6. The second-order valence-corrected chi connectivity index (χ2v) is 11.7. The number of hydrogen-bond acceptors (Lipinski definition) is 6. The monoisotopic (exact) mass is 577 g/mol. The highest BCUT2D eigenvalue weighted by atomic mass is 32.1. The van der Waals surface area contributed by atoms with E-state index in [0.717, 1.165) is 57.2 Å². The van der Waals surface area contributed by atoms with Crippen molar-refractivity contribution < 1.29 is 19.0 Å². The number of methoxy groups -OCH3 is 2. The number of rotatable bonds is 10. The predicted molar refractivity (Wildman–Crippen MR) is 170 cm³/mol. The van der Waals surface area contributed by atoms with E-state index in [1.165, 1.54) is 18.4 Å². The first-order valence-corrected chi connectivity index (χ1v) is 15.3. The van der Waals surface area contributed by atoms with Gasteiger partial charge in [-0.05, 0) is 97.2 Å². The first-order valence-electron chi connectivity index (χ1n) is 14.5. The highest BCUT2D eigenvalue weighted by Crippen LogP contribution is 2.41. The quantitative estimate of drug-likeness (QED) is 0.171. The van der Waals surface area contributed by atoms with Crippen LogP contribution >= 0.6 is 11.3 Å². The summed E-state index contributed by atoms with van der Waals surface area (Å²) >= 11 is 1.60. The van der Waals surface area contributed by atoms with Crippen LogP contribution in [-0.4, -0.2) is 38.7 Å². The summed E-state index contributed by atoms with van der Waals surface area (Å²) in [6.07, 6.45) is 4.34. The van der Waals surface area contributed by atoms with E-state index in [4.69, 9.17) is 14.2 Å². The molecule has 4 aromatic carbocycles. The maximum Gasteiger partial charge on any atom is 0.195 e. The fourth-order valence-electron chi connectivity index (χ4n) is 5.69. The molecule has 6 heteroatoms. The molecule has 0 aliphatic carbocycles. The Bertz CT molecular complexity index is 1640. The SMILES string of the molecule is COc1ccc(-c2sc3cc(OC)ccc3c2C(=O)c2ccc(OC(Cc3ccccc3)C3CCCCN3)cc2)cc1. The summed E-state index contributed by atoms with van der Waals surface area (Å²) in [6, 6.07) is 32.2. The van der Waals surface area contributed by atoms with E-state index in [1.807, 2.05) is 72.8 Å². The van der Waals surface area contributed by atoms with Gasteiger partial charge in [-0.3, -0.25) is 4.79 Å². The molecule has 0 radical (unpaired) electrons. The molecule has 214 valence electrons. The van der Waals surface area contributed by atoms with Gasteiger partial charge in [0.15, 0.2) is 5.78 Å². The average molecular weight is 578 g/mol. The second kappa shape index (κ2) is 12.8. The van der Waals surface area contributed by atoms with Crippen LogP contribution in [0.25, 0.3) is 20.5 Å². The predicted octanol–water partition coefficient (Wildman–Crippen LogP) is 7.95. The molecule has 5 aromatic rings. The number of hydrogen-bond donors (Lipinski definition) is 1. The van der Waals surface area contributed by atoms with E-state index in [-0.39, 0.29) is 11.9 Å². The Morgan fingerprint density at radius 2 is 1.57 bits per heavy atom. The Balaban J connectivity index is 1.30. The second-order valence-electron chi connectivity index (χ2n) is 10.7. The smallest absolute Gasteiger partial charge is 0.195 e. The number of carbonyl (C=O) groups is 1. The molecule has 5 nitrogen and oxygen atoms in total. The van der Waals surface area contributed by atoms with E-state index in [2.05, 4.69) is 29.6 Å². The molecule has 0 bridgehead atoms. The zero-order valence-electron chi connectivity index (χ0n) is 24.0. The summed E-state index contributed by atoms with van der Waals surface area (Å²) in [5.41, 5.74) is 3.56. The van der Waals surface area contributed by atoms with Crippen LogP contribution in [0, 0.1) is 0 Å². The van der Waals surface area contributed by atoms with Crippen molar-refractivity contribution in [1.29, 1.82) is 0 Å². The lowest BCUT2D eigenvalue weighted by molar-refractivity contribution is 0.104. The van der Waals surface area contributed by atoms with E-state index in [9.17, 15) is 4.79 Å². The van der Waals surface area contributed by atoms with Gasteiger partial charge in [0, 0.05) is 38.6 Å². The molecule has 1 aromatic heterocycles. The molecule has 2 atom stereocenters. The van der Waals surface area contributed by atoms with Crippen LogP contribution < -0.4 is 19.5 Å². The minimum absolute atomic E-state index is 0.00623. The number of nitrogens with one attached hydrogen (secondary N) is 1. The molecule has 0 spiro atoms. The molecule has 1 aliphatic rings. The van der Waals surface area contributed by atoms with Gasteiger partial charge in [0.2, 0.25) is 0 Å². The summed E-state index contributed by atoms with van der Waals surface area (Å²) < 4.78 is 18.4. The van der Waals surface area contributed by atoms with E-state index < -0.39 is 0 Å². The van der Waals surface area contributed by atoms with Gasteiger partial charge in [-0.2, -0.15) is 0 Å². The topological polar surface area (TPSA) is 56.8 Å². The van der Waals surface area contributed by atoms with Crippen LogP contribution in [-0.2, 0) is 6.42 Å². The van der Waals surface area contributed by atoms with Crippen LogP contribution in [0.1, 0.15) is 40.7 Å². The van der Waals surface area contributed by atoms with E-state index in [1.54, 1.807) is 25.6 Å². The first kappa shape index (κ1) is 28.0. The van der Waals surface area contributed by atoms with Crippen LogP contribution in [0.4, 0.5) is 0 Å². The normalized spacial score (nSPS) is 15.7. The largest absolute Gasteiger partial charge is 0.497 e. The molecule has 1 fully saturated rings. The number of ketones is 1. The van der Waals surface area contributed by atoms with Crippen molar-refractivity contribution in [2.45, 2.75) is 37.8 Å². The molecule has 0 saturated carbocycles. The van der Waals surface area contributed by atoms with Crippen molar-refractivity contribution >= 4 is 27.2 Å². The van der Waals surface area contributed by atoms with Crippen molar-refractivity contribution in [2.75, 3.05) is 20.8 Å². The average Bonchev–Trinajstić information content (AvgIpc) is 3.44. The van der Waals surface area contributed by atoms with Crippen LogP contribution in [0.15, 0.2) is 97.1 Å². The fraction of sp³-hybridized carbons (Fsp3) is 0.250. The van der Waals surface area contributed by atoms with Gasteiger partial charge in [-0.1, -0.05) is 36.8 Å². The summed E-state index contributed by atoms with van der Waals surface area (Å²) in [5.74, 6) is 2.30. The maximum absolute atomic E-state index is 14.1. The third-order valence-electron chi connectivity index (χ3n) is 7.96. The van der Waals surface area contributed by atoms with Gasteiger partial charge < -0.3 is 19.5 Å². The Kier molecular flexibility index (Phi) is 8.54. The zero-order chi connectivity index (χ0) is 28.9. The molecule has 6 rings (SSSR count). The van der Waals surface area contributed by atoms with Crippen LogP contribution in [0.3, 0.4) is 0 Å². The van der Waals surface area contributed by atoms with Gasteiger partial charge >= 0.3 is 0 Å². The number of carbonyl (C=O) groups excluding carboxylic acids is 1. The summed E-state index contributed by atoms with van der Waals surface area (Å²) in [6.45, 7) is 1.02. The van der Waals surface area contributed by atoms with Crippen LogP contribution in [0.5, 0.6) is 17.2 Å². The molecule has 2 unspecified atom stereocenters. The summed E-state index contributed by atoms with van der Waals surface area (Å²) in [4.78, 5) is 15.0. The molecule has 1 aliphatic heterocycles. The van der Waals surface area contributed by atoms with E-state index in [0.29, 0.717) is 17.2 Å². The van der Waals surface area contributed by atoms with Gasteiger partial charge in [-0.15, -0.1) is 11.3 Å². The van der Waals surface area contributed by atoms with Gasteiger partial charge in [-0.25, -0.2) is 0 Å². The Morgan fingerprint density at radius 3 is 2.26 bits per heavy atom. The van der Waals surface area contributed by atoms with Crippen molar-refractivity contribution in [3.05, 3.63) is 114 Å². The minimum atomic E-state index is -0.0152. The Hall–Kier alpha value is -4.13. The molecule has 1 N–H and O–H groups in total. The van der Waals surface area contributed by atoms with Crippen LogP contribution in [0.2, 0.25) is 0 Å². The Morgan fingerprint density at radius 1 is 0.857 bits per heavy atom. The molecular weight excluding hydrogens is 542 g/mol. The Labute approximate surface area is 251 Å². The van der Waals surface area contributed by atoms with Crippen molar-refractivity contribution in [3.8, 4) is 27.7 Å². The summed E-state index contributed by atoms with van der Waals surface area (Å²) in [7, 11) is 3.31. The van der Waals surface area contributed by atoms with Crippen molar-refractivity contribution in [1.82, 2.24) is 5.32 Å². The summed E-state index contributed by atoms with van der Waals surface area (Å²) in [5, 5.41) is 4.59. The highest BCUT2D eigenvalue weighted by Gasteiger charge is 2.26. The third kappa shape index (κ3) is 6.06. The zero-order valence-corrected chi connectivity index (χ0v) is 24.8. The number of ether oxygens (including phenoxy) is 3. The van der Waals surface area contributed by atoms with Crippen molar-refractivity contribution in [2.24, 2.45) is 0 Å². The number of benzene rings is 4. The van der Waals surface area contributed by atoms with Crippen molar-refractivity contribution in [3.63, 3.8) is 0 Å². The highest BCUT2D eigenvalue weighted by molar-refractivity contribution is 7.22. The lowest BCUT2D eigenvalue weighted by atomic mass is 9.95. The molecule has 2 heterocycles. The third-order valence-corrected chi connectivity index (χ3v) is 9.16. The van der Waals surface area contributed by atoms with Gasteiger partial charge in [0.1, 0.15) is 23.4 Å². The standard InChI is InChI=1S/C36H35NO4S/c1-39-27-15-13-26(14-16-27)36-34(30-20-19-29(40-2)23-33(30)42-36)35(38)25-11-17-28(18-12-25)41-32(31-10-6-7-21-37-31)22-24-8-4-3-5-9-24/h3-5,8-9,11-20,23,31-32,37H,6-7,10,21-22H2,1-2H3. The minimum Gasteiger partial charge on any atom is -0.497 e.